The molecule has 0 bridgehead atoms. The second kappa shape index (κ2) is 8.97. The molecule has 4 rings (SSSR count). The number of benzene rings is 2. The average molecular weight is 431 g/mol. The molecular formula is C24H22FN5O2. The van der Waals surface area contributed by atoms with Crippen LogP contribution in [-0.4, -0.2) is 25.5 Å². The standard InChI is InChI=1S/C24H22FN5O2/c1-16(21-14-26-30(17(21)2)20-10-8-19(25)9-11-20)27-23(31)15-29-24(32)13-12-22(28-29)18-6-4-3-5-7-18/h3-14,16H,15H2,1-2H3,(H,27,31). The van der Waals surface area contributed by atoms with Gasteiger partial charge >= 0.3 is 0 Å². The molecule has 32 heavy (non-hydrogen) atoms. The Morgan fingerprint density at radius 3 is 2.50 bits per heavy atom. The molecule has 2 aromatic heterocycles. The number of amides is 1. The molecular weight excluding hydrogens is 409 g/mol. The minimum absolute atomic E-state index is 0.199. The molecule has 8 heteroatoms. The van der Waals surface area contributed by atoms with E-state index in [-0.39, 0.29) is 29.9 Å². The number of nitrogens with one attached hydrogen (secondary N) is 1. The Morgan fingerprint density at radius 1 is 1.06 bits per heavy atom. The Morgan fingerprint density at radius 2 is 1.78 bits per heavy atom. The van der Waals surface area contributed by atoms with Crippen LogP contribution in [0.4, 0.5) is 4.39 Å². The molecule has 4 aromatic rings. The van der Waals surface area contributed by atoms with E-state index >= 15 is 0 Å². The second-order valence-electron chi connectivity index (χ2n) is 7.44. The first-order valence-electron chi connectivity index (χ1n) is 10.2. The number of aromatic nitrogens is 4. The Labute approximate surface area is 184 Å². The quantitative estimate of drug-likeness (QED) is 0.507. The fraction of sp³-hybridized carbons (Fsp3) is 0.167. The summed E-state index contributed by atoms with van der Waals surface area (Å²) < 4.78 is 16.0. The number of rotatable bonds is 6. The highest BCUT2D eigenvalue weighted by Crippen LogP contribution is 2.20. The van der Waals surface area contributed by atoms with Crippen LogP contribution in [0.25, 0.3) is 16.9 Å². The van der Waals surface area contributed by atoms with Gasteiger partial charge in [-0.25, -0.2) is 13.8 Å². The summed E-state index contributed by atoms with van der Waals surface area (Å²) in [4.78, 5) is 24.9. The van der Waals surface area contributed by atoms with Crippen LogP contribution in [0.5, 0.6) is 0 Å². The lowest BCUT2D eigenvalue weighted by molar-refractivity contribution is -0.122. The second-order valence-corrected chi connectivity index (χ2v) is 7.44. The van der Waals surface area contributed by atoms with Crippen LogP contribution >= 0.6 is 0 Å². The summed E-state index contributed by atoms with van der Waals surface area (Å²) in [6, 6.07) is 18.2. The van der Waals surface area contributed by atoms with Crippen molar-refractivity contribution in [2.24, 2.45) is 0 Å². The van der Waals surface area contributed by atoms with E-state index < -0.39 is 0 Å². The van der Waals surface area contributed by atoms with Gasteiger partial charge in [-0.05, 0) is 44.2 Å². The number of nitrogens with zero attached hydrogens (tertiary/aromatic N) is 4. The summed E-state index contributed by atoms with van der Waals surface area (Å²) in [5.41, 5.74) is 3.49. The van der Waals surface area contributed by atoms with E-state index in [1.165, 1.54) is 18.2 Å². The fourth-order valence-corrected chi connectivity index (χ4v) is 3.52. The summed E-state index contributed by atoms with van der Waals surface area (Å²) >= 11 is 0. The van der Waals surface area contributed by atoms with Crippen molar-refractivity contribution < 1.29 is 9.18 Å². The summed E-state index contributed by atoms with van der Waals surface area (Å²) in [7, 11) is 0. The molecule has 0 saturated heterocycles. The number of carbonyl (C=O) groups excluding carboxylic acids is 1. The van der Waals surface area contributed by atoms with Gasteiger partial charge in [0.15, 0.2) is 0 Å². The maximum absolute atomic E-state index is 13.2. The smallest absolute Gasteiger partial charge is 0.267 e. The van der Waals surface area contributed by atoms with Crippen LogP contribution in [0.2, 0.25) is 0 Å². The van der Waals surface area contributed by atoms with Gasteiger partial charge in [0.1, 0.15) is 12.4 Å². The predicted octanol–water partition coefficient (Wildman–Crippen LogP) is 3.42. The number of carbonyl (C=O) groups is 1. The Hall–Kier alpha value is -4.07. The third-order valence-electron chi connectivity index (χ3n) is 5.19. The molecule has 162 valence electrons. The molecule has 7 nitrogen and oxygen atoms in total. The van der Waals surface area contributed by atoms with Crippen molar-refractivity contribution in [3.63, 3.8) is 0 Å². The third-order valence-corrected chi connectivity index (χ3v) is 5.19. The van der Waals surface area contributed by atoms with Crippen molar-refractivity contribution in [2.75, 3.05) is 0 Å². The third kappa shape index (κ3) is 4.49. The molecule has 2 aromatic carbocycles. The van der Waals surface area contributed by atoms with Crippen LogP contribution in [0.15, 0.2) is 77.7 Å². The van der Waals surface area contributed by atoms with E-state index in [4.69, 9.17) is 0 Å². The zero-order chi connectivity index (χ0) is 22.7. The molecule has 1 N–H and O–H groups in total. The molecule has 0 aliphatic carbocycles. The predicted molar refractivity (Wildman–Crippen MR) is 119 cm³/mol. The van der Waals surface area contributed by atoms with Crippen LogP contribution < -0.4 is 10.9 Å². The van der Waals surface area contributed by atoms with Crippen LogP contribution in [0.3, 0.4) is 0 Å². The van der Waals surface area contributed by atoms with Crippen LogP contribution in [-0.2, 0) is 11.3 Å². The zero-order valence-electron chi connectivity index (χ0n) is 17.7. The minimum atomic E-state index is -0.354. The molecule has 0 saturated carbocycles. The maximum atomic E-state index is 13.2. The Kier molecular flexibility index (Phi) is 5.93. The van der Waals surface area contributed by atoms with Crippen molar-refractivity contribution in [3.05, 3.63) is 100 Å². The first-order chi connectivity index (χ1) is 15.4. The van der Waals surface area contributed by atoms with Gasteiger partial charge in [0.25, 0.3) is 5.56 Å². The lowest BCUT2D eigenvalue weighted by Crippen LogP contribution is -2.35. The Balaban J connectivity index is 1.48. The van der Waals surface area contributed by atoms with E-state index in [9.17, 15) is 14.0 Å². The zero-order valence-corrected chi connectivity index (χ0v) is 17.7. The molecule has 0 fully saturated rings. The van der Waals surface area contributed by atoms with Gasteiger partial charge in [-0.15, -0.1) is 0 Å². The number of hydrogen-bond donors (Lipinski definition) is 1. The lowest BCUT2D eigenvalue weighted by Gasteiger charge is -2.15. The van der Waals surface area contributed by atoms with Crippen LogP contribution in [0.1, 0.15) is 24.2 Å². The molecule has 0 radical (unpaired) electrons. The van der Waals surface area contributed by atoms with Gasteiger partial charge < -0.3 is 5.32 Å². The molecule has 2 heterocycles. The van der Waals surface area contributed by atoms with Crippen molar-refractivity contribution in [3.8, 4) is 16.9 Å². The Bertz CT molecular complexity index is 1300. The van der Waals surface area contributed by atoms with Gasteiger partial charge in [-0.3, -0.25) is 9.59 Å². The maximum Gasteiger partial charge on any atom is 0.267 e. The molecule has 1 atom stereocenters. The summed E-state index contributed by atoms with van der Waals surface area (Å²) in [6.07, 6.45) is 1.67. The minimum Gasteiger partial charge on any atom is -0.348 e. The van der Waals surface area contributed by atoms with Gasteiger partial charge in [0.05, 0.1) is 23.6 Å². The van der Waals surface area contributed by atoms with Crippen molar-refractivity contribution in [2.45, 2.75) is 26.4 Å². The first-order valence-corrected chi connectivity index (χ1v) is 10.2. The molecule has 1 unspecified atom stereocenters. The monoisotopic (exact) mass is 431 g/mol. The van der Waals surface area contributed by atoms with Gasteiger partial charge in [-0.2, -0.15) is 10.2 Å². The van der Waals surface area contributed by atoms with E-state index in [0.29, 0.717) is 5.69 Å². The lowest BCUT2D eigenvalue weighted by atomic mass is 10.1. The van der Waals surface area contributed by atoms with Gasteiger partial charge in [0.2, 0.25) is 5.91 Å². The molecule has 0 spiro atoms. The number of hydrogen-bond acceptors (Lipinski definition) is 4. The highest BCUT2D eigenvalue weighted by atomic mass is 19.1. The van der Waals surface area contributed by atoms with Crippen LogP contribution in [0, 0.1) is 12.7 Å². The summed E-state index contributed by atoms with van der Waals surface area (Å²) in [5, 5.41) is 11.6. The van der Waals surface area contributed by atoms with Crippen molar-refractivity contribution in [1.82, 2.24) is 24.9 Å². The molecule has 1 amide bonds. The topological polar surface area (TPSA) is 81.8 Å². The summed E-state index contributed by atoms with van der Waals surface area (Å²) in [5.74, 6) is -0.661. The fourth-order valence-electron chi connectivity index (χ4n) is 3.52. The summed E-state index contributed by atoms with van der Waals surface area (Å²) in [6.45, 7) is 3.52. The average Bonchev–Trinajstić information content (AvgIpc) is 3.18. The normalized spacial score (nSPS) is 11.8. The highest BCUT2D eigenvalue weighted by molar-refractivity contribution is 5.76. The van der Waals surface area contributed by atoms with E-state index in [1.54, 1.807) is 29.1 Å². The highest BCUT2D eigenvalue weighted by Gasteiger charge is 2.17. The largest absolute Gasteiger partial charge is 0.348 e. The van der Waals surface area contributed by atoms with Gasteiger partial charge in [-0.1, -0.05) is 30.3 Å². The van der Waals surface area contributed by atoms with E-state index in [2.05, 4.69) is 15.5 Å². The van der Waals surface area contributed by atoms with Crippen molar-refractivity contribution >= 4 is 5.91 Å². The molecule has 0 aliphatic rings. The molecule has 0 aliphatic heterocycles. The SMILES string of the molecule is Cc1c(C(C)NC(=O)Cn2nc(-c3ccccc3)ccc2=O)cnn1-c1ccc(F)cc1. The van der Waals surface area contributed by atoms with Crippen molar-refractivity contribution in [1.29, 1.82) is 0 Å². The van der Waals surface area contributed by atoms with Gasteiger partial charge in [0, 0.05) is 22.9 Å². The van der Waals surface area contributed by atoms with E-state index in [0.717, 1.165) is 27.2 Å². The first kappa shape index (κ1) is 21.2. The van der Waals surface area contributed by atoms with E-state index in [1.807, 2.05) is 44.2 Å². The number of halogens is 1.